The van der Waals surface area contributed by atoms with E-state index in [2.05, 4.69) is 4.74 Å². The van der Waals surface area contributed by atoms with Gasteiger partial charge in [-0.2, -0.15) is 0 Å². The number of amides is 3. The van der Waals surface area contributed by atoms with Crippen LogP contribution < -0.4 is 16.0 Å². The summed E-state index contributed by atoms with van der Waals surface area (Å²) in [7, 11) is 0. The van der Waals surface area contributed by atoms with Crippen molar-refractivity contribution in [3.8, 4) is 0 Å². The van der Waals surface area contributed by atoms with E-state index in [1.165, 1.54) is 24.3 Å². The molecule has 0 aromatic heterocycles. The number of rotatable bonds is 8. The Kier molecular flexibility index (Phi) is 8.40. The van der Waals surface area contributed by atoms with Crippen molar-refractivity contribution in [1.29, 1.82) is 0 Å². The largest absolute Gasteiger partial charge is 0.446 e. The molecule has 0 aliphatic rings. The molecule has 0 spiro atoms. The van der Waals surface area contributed by atoms with Crippen molar-refractivity contribution in [2.75, 3.05) is 16.8 Å². The maximum atomic E-state index is 14.2. The van der Waals surface area contributed by atoms with E-state index in [0.29, 0.717) is 5.56 Å². The summed E-state index contributed by atoms with van der Waals surface area (Å²) in [5.41, 5.74) is 3.27. The van der Waals surface area contributed by atoms with E-state index >= 15 is 0 Å². The van der Waals surface area contributed by atoms with E-state index in [1.54, 1.807) is 30.3 Å². The molecule has 4 N–H and O–H groups in total. The van der Waals surface area contributed by atoms with Crippen LogP contribution in [0.1, 0.15) is 15.9 Å². The average molecular weight is 523 g/mol. The zero-order valence-corrected chi connectivity index (χ0v) is 18.7. The fraction of sp³-hybridized carbons (Fsp3) is 0.125. The molecule has 37 heavy (non-hydrogen) atoms. The van der Waals surface area contributed by atoms with E-state index in [-0.39, 0.29) is 17.9 Å². The molecular formula is C24H18F5N3O5. The number of hydrogen-bond acceptors (Lipinski definition) is 5. The number of para-hydroxylation sites is 2. The summed E-state index contributed by atoms with van der Waals surface area (Å²) in [6.07, 6.45) is -3.16. The predicted octanol–water partition coefficient (Wildman–Crippen LogP) is 3.62. The highest BCUT2D eigenvalue weighted by Crippen LogP contribution is 2.30. The zero-order chi connectivity index (χ0) is 27.3. The van der Waals surface area contributed by atoms with Gasteiger partial charge in [0.05, 0.1) is 17.9 Å². The first kappa shape index (κ1) is 27.1. The number of carbonyl (C=O) groups excluding carboxylic acids is 3. The van der Waals surface area contributed by atoms with Gasteiger partial charge in [0.1, 0.15) is 12.2 Å². The minimum atomic E-state index is -2.43. The Bertz CT molecular complexity index is 1310. The van der Waals surface area contributed by atoms with Gasteiger partial charge in [0, 0.05) is 0 Å². The number of halogens is 5. The molecule has 3 rings (SSSR count). The van der Waals surface area contributed by atoms with Crippen molar-refractivity contribution in [2.45, 2.75) is 12.6 Å². The second kappa shape index (κ2) is 11.5. The van der Waals surface area contributed by atoms with Gasteiger partial charge in [0.15, 0.2) is 29.4 Å². The minimum Gasteiger partial charge on any atom is -0.446 e. The standard InChI is InChI=1S/C24H18F5N3O5/c25-17-16(18(26)20(28)21(29)19(17)27)22(34)31-13-8-4-5-9-14(13)32(10-12-6-2-1-3-7-12)23(35)15(33)11-37-24(30)36/h1-9,15,33H,10-11H2,(H2,30,36)(H,31,34). The smallest absolute Gasteiger partial charge is 0.404 e. The Balaban J connectivity index is 2.02. The lowest BCUT2D eigenvalue weighted by Crippen LogP contribution is -2.42. The number of aliphatic hydroxyl groups excluding tert-OH is 1. The Morgan fingerprint density at radius 2 is 1.41 bits per heavy atom. The number of nitrogens with one attached hydrogen (secondary N) is 1. The third-order valence-electron chi connectivity index (χ3n) is 5.00. The summed E-state index contributed by atoms with van der Waals surface area (Å²) in [6, 6.07) is 13.5. The quantitative estimate of drug-likeness (QED) is 0.237. The number of nitrogens with two attached hydrogens (primary N) is 1. The van der Waals surface area contributed by atoms with Crippen LogP contribution in [-0.4, -0.2) is 35.7 Å². The Labute approximate surface area is 206 Å². The third-order valence-corrected chi connectivity index (χ3v) is 5.00. The van der Waals surface area contributed by atoms with Crippen LogP contribution in [0.4, 0.5) is 38.1 Å². The molecule has 0 aliphatic heterocycles. The Morgan fingerprint density at radius 3 is 2.00 bits per heavy atom. The fourth-order valence-corrected chi connectivity index (χ4v) is 3.26. The van der Waals surface area contributed by atoms with Crippen LogP contribution in [0.25, 0.3) is 0 Å². The van der Waals surface area contributed by atoms with Crippen LogP contribution in [0, 0.1) is 29.1 Å². The first-order valence-corrected chi connectivity index (χ1v) is 10.4. The molecule has 1 atom stereocenters. The summed E-state index contributed by atoms with van der Waals surface area (Å²) >= 11 is 0. The van der Waals surface area contributed by atoms with Crippen molar-refractivity contribution < 1.29 is 46.2 Å². The highest BCUT2D eigenvalue weighted by molar-refractivity contribution is 6.08. The molecule has 3 aromatic rings. The summed E-state index contributed by atoms with van der Waals surface area (Å²) in [6.45, 7) is -1.01. The normalized spacial score (nSPS) is 11.5. The summed E-state index contributed by atoms with van der Waals surface area (Å²) < 4.78 is 73.4. The van der Waals surface area contributed by atoms with E-state index in [9.17, 15) is 41.4 Å². The lowest BCUT2D eigenvalue weighted by Gasteiger charge is -2.27. The number of nitrogens with zero attached hydrogens (tertiary/aromatic N) is 1. The van der Waals surface area contributed by atoms with Crippen molar-refractivity contribution in [3.05, 3.63) is 94.8 Å². The van der Waals surface area contributed by atoms with Gasteiger partial charge in [-0.1, -0.05) is 42.5 Å². The molecule has 3 aromatic carbocycles. The minimum absolute atomic E-state index is 0.119. The molecule has 0 bridgehead atoms. The van der Waals surface area contributed by atoms with Crippen molar-refractivity contribution in [3.63, 3.8) is 0 Å². The van der Waals surface area contributed by atoms with Crippen LogP contribution in [0.2, 0.25) is 0 Å². The zero-order valence-electron chi connectivity index (χ0n) is 18.7. The number of ether oxygens (including phenoxy) is 1. The van der Waals surface area contributed by atoms with Crippen LogP contribution in [0.5, 0.6) is 0 Å². The molecule has 0 aliphatic carbocycles. The Morgan fingerprint density at radius 1 is 0.865 bits per heavy atom. The predicted molar refractivity (Wildman–Crippen MR) is 120 cm³/mol. The lowest BCUT2D eigenvalue weighted by molar-refractivity contribution is -0.128. The van der Waals surface area contributed by atoms with Crippen LogP contribution in [0.3, 0.4) is 0 Å². The second-order valence-electron chi connectivity index (χ2n) is 7.47. The molecule has 0 saturated heterocycles. The van der Waals surface area contributed by atoms with E-state index in [1.807, 2.05) is 5.32 Å². The molecule has 0 fully saturated rings. The SMILES string of the molecule is NC(=O)OCC(O)C(=O)N(Cc1ccccc1)c1ccccc1NC(=O)c1c(F)c(F)c(F)c(F)c1F. The number of benzene rings is 3. The summed E-state index contributed by atoms with van der Waals surface area (Å²) in [5, 5.41) is 12.3. The van der Waals surface area contributed by atoms with Gasteiger partial charge < -0.3 is 25.8 Å². The summed E-state index contributed by atoms with van der Waals surface area (Å²) in [4.78, 5) is 37.5. The molecule has 8 nitrogen and oxygen atoms in total. The molecule has 3 amide bonds. The Hall–Kier alpha value is -4.52. The van der Waals surface area contributed by atoms with Crippen molar-refractivity contribution in [1.82, 2.24) is 0 Å². The van der Waals surface area contributed by atoms with Gasteiger partial charge in [0.2, 0.25) is 5.82 Å². The van der Waals surface area contributed by atoms with E-state index in [4.69, 9.17) is 5.73 Å². The van der Waals surface area contributed by atoms with Gasteiger partial charge in [-0.25, -0.2) is 26.7 Å². The second-order valence-corrected chi connectivity index (χ2v) is 7.47. The molecule has 0 heterocycles. The van der Waals surface area contributed by atoms with Gasteiger partial charge in [-0.05, 0) is 17.7 Å². The molecule has 194 valence electrons. The van der Waals surface area contributed by atoms with E-state index < -0.39 is 65.3 Å². The first-order chi connectivity index (χ1) is 17.5. The highest BCUT2D eigenvalue weighted by Gasteiger charge is 2.31. The number of carbonyl (C=O) groups is 3. The monoisotopic (exact) mass is 523 g/mol. The van der Waals surface area contributed by atoms with Gasteiger partial charge in [-0.3, -0.25) is 9.59 Å². The highest BCUT2D eigenvalue weighted by atomic mass is 19.2. The molecule has 1 unspecified atom stereocenters. The van der Waals surface area contributed by atoms with Gasteiger partial charge in [0.25, 0.3) is 11.8 Å². The number of anilines is 2. The third kappa shape index (κ3) is 6.01. The number of primary amides is 1. The van der Waals surface area contributed by atoms with Crippen molar-refractivity contribution >= 4 is 29.3 Å². The maximum Gasteiger partial charge on any atom is 0.404 e. The van der Waals surface area contributed by atoms with Crippen LogP contribution in [0.15, 0.2) is 54.6 Å². The molecule has 0 radical (unpaired) electrons. The maximum absolute atomic E-state index is 14.2. The van der Waals surface area contributed by atoms with E-state index in [0.717, 1.165) is 4.90 Å². The lowest BCUT2D eigenvalue weighted by atomic mass is 10.1. The average Bonchev–Trinajstić information content (AvgIpc) is 2.88. The van der Waals surface area contributed by atoms with Crippen molar-refractivity contribution in [2.24, 2.45) is 5.73 Å². The van der Waals surface area contributed by atoms with Crippen LogP contribution in [-0.2, 0) is 16.1 Å². The summed E-state index contributed by atoms with van der Waals surface area (Å²) in [5.74, 6) is -14.5. The topological polar surface area (TPSA) is 122 Å². The number of aliphatic hydroxyl groups is 1. The van der Waals surface area contributed by atoms with Gasteiger partial charge >= 0.3 is 6.09 Å². The van der Waals surface area contributed by atoms with Crippen LogP contribution >= 0.6 is 0 Å². The first-order valence-electron chi connectivity index (χ1n) is 10.4. The molecule has 0 saturated carbocycles. The molecule has 13 heteroatoms. The number of hydrogen-bond donors (Lipinski definition) is 3. The van der Waals surface area contributed by atoms with Gasteiger partial charge in [-0.15, -0.1) is 0 Å². The molecular weight excluding hydrogens is 505 g/mol. The fourth-order valence-electron chi connectivity index (χ4n) is 3.26.